The number of benzene rings is 1. The second-order valence-corrected chi connectivity index (χ2v) is 12.2. The first-order chi connectivity index (χ1) is 20.2. The van der Waals surface area contributed by atoms with E-state index >= 15 is 0 Å². The van der Waals surface area contributed by atoms with Gasteiger partial charge in [0.25, 0.3) is 5.91 Å². The molecule has 3 aromatic rings. The zero-order valence-corrected chi connectivity index (χ0v) is 25.4. The Balaban J connectivity index is 1.53. The largest absolute Gasteiger partial charge is 0.490 e. The summed E-state index contributed by atoms with van der Waals surface area (Å²) in [4.78, 5) is 36.9. The summed E-state index contributed by atoms with van der Waals surface area (Å²) >= 11 is 7.00. The number of carbonyl (C=O) groups excluding carboxylic acids is 2. The maximum Gasteiger partial charge on any atom is 0.258 e. The number of halogens is 1. The van der Waals surface area contributed by atoms with Crippen molar-refractivity contribution >= 4 is 40.4 Å². The molecule has 3 atom stereocenters. The van der Waals surface area contributed by atoms with Crippen molar-refractivity contribution < 1.29 is 19.1 Å². The summed E-state index contributed by atoms with van der Waals surface area (Å²) in [5.74, 6) is 1.39. The molecule has 0 bridgehead atoms. The summed E-state index contributed by atoms with van der Waals surface area (Å²) in [7, 11) is 0. The predicted molar refractivity (Wildman–Crippen MR) is 164 cm³/mol. The molecule has 1 N–H and O–H groups in total. The average Bonchev–Trinajstić information content (AvgIpc) is 3.12. The molecule has 0 aliphatic carbocycles. The van der Waals surface area contributed by atoms with E-state index in [2.05, 4.69) is 30.7 Å². The first-order valence-corrected chi connectivity index (χ1v) is 15.2. The van der Waals surface area contributed by atoms with Gasteiger partial charge in [-0.3, -0.25) is 19.9 Å². The lowest BCUT2D eigenvalue weighted by atomic mass is 9.95. The van der Waals surface area contributed by atoms with Crippen LogP contribution in [0.5, 0.6) is 5.75 Å². The minimum absolute atomic E-state index is 0.0314. The third-order valence-corrected chi connectivity index (χ3v) is 8.32. The first-order valence-electron chi connectivity index (χ1n) is 14.8. The maximum absolute atomic E-state index is 13.4. The fraction of sp³-hybridized carbons (Fsp3) is 0.500. The van der Waals surface area contributed by atoms with Gasteiger partial charge in [-0.15, -0.1) is 0 Å². The van der Waals surface area contributed by atoms with Gasteiger partial charge in [-0.1, -0.05) is 32.0 Å². The Labute approximate surface area is 252 Å². The van der Waals surface area contributed by atoms with E-state index in [-0.39, 0.29) is 24.0 Å². The SMILES string of the molecule is C=CC(=O)N1CCCCC(n2c(NC(=O)c3ccnc(C)c3)nc3cc(OC4CC(C)COCC(C)C4)cc(Cl)c32)C1. The molecule has 2 saturated heterocycles. The number of nitrogens with one attached hydrogen (secondary N) is 1. The second-order valence-electron chi connectivity index (χ2n) is 11.8. The van der Waals surface area contributed by atoms with Crippen LogP contribution in [0.25, 0.3) is 11.0 Å². The number of fused-ring (bicyclic) bond motifs is 1. The Morgan fingerprint density at radius 1 is 1.17 bits per heavy atom. The highest BCUT2D eigenvalue weighted by Crippen LogP contribution is 2.37. The lowest BCUT2D eigenvalue weighted by Gasteiger charge is -2.28. The van der Waals surface area contributed by atoms with Gasteiger partial charge in [0.1, 0.15) is 5.75 Å². The van der Waals surface area contributed by atoms with Crippen LogP contribution >= 0.6 is 11.6 Å². The monoisotopic (exact) mass is 593 g/mol. The molecule has 224 valence electrons. The van der Waals surface area contributed by atoms with Gasteiger partial charge in [0.05, 0.1) is 28.2 Å². The molecule has 0 spiro atoms. The molecule has 2 fully saturated rings. The quantitative estimate of drug-likeness (QED) is 0.341. The lowest BCUT2D eigenvalue weighted by molar-refractivity contribution is -0.126. The van der Waals surface area contributed by atoms with Gasteiger partial charge >= 0.3 is 0 Å². The molecule has 3 unspecified atom stereocenters. The van der Waals surface area contributed by atoms with Crippen molar-refractivity contribution in [1.29, 1.82) is 0 Å². The first kappa shape index (κ1) is 30.0. The number of anilines is 1. The Kier molecular flexibility index (Phi) is 9.48. The molecule has 2 aromatic heterocycles. The summed E-state index contributed by atoms with van der Waals surface area (Å²) in [6.07, 6.45) is 7.37. The number of hydrogen-bond donors (Lipinski definition) is 1. The van der Waals surface area contributed by atoms with Crippen molar-refractivity contribution in [2.45, 2.75) is 65.0 Å². The molecule has 9 nitrogen and oxygen atoms in total. The molecule has 0 radical (unpaired) electrons. The number of hydrogen-bond acceptors (Lipinski definition) is 6. The molecule has 0 saturated carbocycles. The van der Waals surface area contributed by atoms with Crippen molar-refractivity contribution in [1.82, 2.24) is 19.4 Å². The van der Waals surface area contributed by atoms with Crippen LogP contribution in [0.15, 0.2) is 43.1 Å². The van der Waals surface area contributed by atoms with Gasteiger partial charge in [-0.25, -0.2) is 4.98 Å². The third kappa shape index (κ3) is 6.95. The van der Waals surface area contributed by atoms with E-state index < -0.39 is 0 Å². The third-order valence-electron chi connectivity index (χ3n) is 8.03. The number of likely N-dealkylation sites (tertiary alicyclic amines) is 1. The number of amides is 2. The van der Waals surface area contributed by atoms with Crippen LogP contribution in [-0.2, 0) is 9.53 Å². The van der Waals surface area contributed by atoms with E-state index in [0.717, 1.165) is 51.0 Å². The van der Waals surface area contributed by atoms with Gasteiger partial charge in [0.2, 0.25) is 11.9 Å². The fourth-order valence-electron chi connectivity index (χ4n) is 6.08. The highest BCUT2D eigenvalue weighted by Gasteiger charge is 2.29. The molecule has 5 rings (SSSR count). The number of aromatic nitrogens is 3. The van der Waals surface area contributed by atoms with Crippen LogP contribution in [-0.4, -0.2) is 63.7 Å². The van der Waals surface area contributed by atoms with Crippen LogP contribution in [0.3, 0.4) is 0 Å². The molecular weight excluding hydrogens is 554 g/mol. The zero-order valence-electron chi connectivity index (χ0n) is 24.6. The van der Waals surface area contributed by atoms with E-state index in [0.29, 0.717) is 58.2 Å². The van der Waals surface area contributed by atoms with Crippen molar-refractivity contribution in [3.8, 4) is 5.75 Å². The van der Waals surface area contributed by atoms with E-state index in [1.165, 1.54) is 6.08 Å². The average molecular weight is 594 g/mol. The smallest absolute Gasteiger partial charge is 0.258 e. The van der Waals surface area contributed by atoms with Gasteiger partial charge < -0.3 is 18.9 Å². The van der Waals surface area contributed by atoms with Crippen LogP contribution in [0.1, 0.15) is 68.0 Å². The van der Waals surface area contributed by atoms with E-state index in [1.54, 1.807) is 23.2 Å². The van der Waals surface area contributed by atoms with Gasteiger partial charge in [0, 0.05) is 55.9 Å². The standard InChI is InChI=1S/C32H40ClN5O4/c1-5-29(39)37-11-7-6-8-24(17-37)38-30-27(33)15-26(42-25-12-20(2)18-41-19-21(3)13-25)16-28(30)35-32(38)36-31(40)23-9-10-34-22(4)14-23/h5,9-10,14-16,20-21,24-25H,1,6-8,11-13,17-19H2,2-4H3,(H,35,36,40). The summed E-state index contributed by atoms with van der Waals surface area (Å²) in [6.45, 7) is 12.4. The topological polar surface area (TPSA) is 98.6 Å². The van der Waals surface area contributed by atoms with E-state index in [4.69, 9.17) is 26.1 Å². The highest BCUT2D eigenvalue weighted by molar-refractivity contribution is 6.35. The minimum atomic E-state index is -0.294. The van der Waals surface area contributed by atoms with Crippen LogP contribution < -0.4 is 10.1 Å². The second kappa shape index (κ2) is 13.3. The van der Waals surface area contributed by atoms with Crippen molar-refractivity contribution in [2.75, 3.05) is 31.6 Å². The zero-order chi connectivity index (χ0) is 29.8. The maximum atomic E-state index is 13.4. The Bertz CT molecular complexity index is 1440. The number of aryl methyl sites for hydroxylation is 1. The molecule has 4 heterocycles. The normalized spacial score (nSPS) is 23.5. The molecule has 1 aromatic carbocycles. The molecule has 2 amide bonds. The Hall–Kier alpha value is -3.43. The summed E-state index contributed by atoms with van der Waals surface area (Å²) in [6, 6.07) is 7.00. The molecule has 10 heteroatoms. The van der Waals surface area contributed by atoms with Crippen LogP contribution in [0.4, 0.5) is 5.95 Å². The molecule has 42 heavy (non-hydrogen) atoms. The number of nitrogens with zero attached hydrogens (tertiary/aromatic N) is 4. The van der Waals surface area contributed by atoms with E-state index in [9.17, 15) is 9.59 Å². The van der Waals surface area contributed by atoms with Crippen LogP contribution in [0.2, 0.25) is 5.02 Å². The predicted octanol–water partition coefficient (Wildman–Crippen LogP) is 6.22. The molecule has 2 aliphatic heterocycles. The number of carbonyl (C=O) groups is 2. The number of rotatable bonds is 6. The van der Waals surface area contributed by atoms with Gasteiger partial charge in [-0.05, 0) is 69.1 Å². The molecular formula is C32H40ClN5O4. The number of ether oxygens (including phenoxy) is 2. The minimum Gasteiger partial charge on any atom is -0.490 e. The number of pyridine rings is 1. The van der Waals surface area contributed by atoms with Crippen LogP contribution in [0, 0.1) is 18.8 Å². The Morgan fingerprint density at radius 3 is 2.64 bits per heavy atom. The van der Waals surface area contributed by atoms with Gasteiger partial charge in [-0.2, -0.15) is 0 Å². The molecule has 2 aliphatic rings. The Morgan fingerprint density at radius 2 is 1.93 bits per heavy atom. The summed E-state index contributed by atoms with van der Waals surface area (Å²) in [5, 5.41) is 3.51. The lowest BCUT2D eigenvalue weighted by Crippen LogP contribution is -2.34. The number of imidazole rings is 1. The summed E-state index contributed by atoms with van der Waals surface area (Å²) in [5.41, 5.74) is 2.56. The van der Waals surface area contributed by atoms with Crippen molar-refractivity contribution in [3.05, 3.63) is 59.4 Å². The van der Waals surface area contributed by atoms with Crippen molar-refractivity contribution in [3.63, 3.8) is 0 Å². The van der Waals surface area contributed by atoms with E-state index in [1.807, 2.05) is 23.6 Å². The van der Waals surface area contributed by atoms with Gasteiger partial charge in [0.15, 0.2) is 0 Å². The highest BCUT2D eigenvalue weighted by atomic mass is 35.5. The fourth-order valence-corrected chi connectivity index (χ4v) is 6.37. The van der Waals surface area contributed by atoms with Crippen molar-refractivity contribution in [2.24, 2.45) is 11.8 Å². The summed E-state index contributed by atoms with van der Waals surface area (Å²) < 4.78 is 14.3.